The number of carbonyl (C=O) groups is 1. The van der Waals surface area contributed by atoms with Crippen molar-refractivity contribution in [3.63, 3.8) is 0 Å². The van der Waals surface area contributed by atoms with Crippen LogP contribution in [0.2, 0.25) is 0 Å². The second-order valence-corrected chi connectivity index (χ2v) is 4.42. The standard InChI is InChI=1S/C14H16BrNO2/c1-3-10-5-13(9-16)11(6-12(10)8-15)7-14(17)18-4-2/h5-6H,3-4,7-8H2,1-2H3. The van der Waals surface area contributed by atoms with E-state index in [9.17, 15) is 4.79 Å². The Morgan fingerprint density at radius 2 is 2.06 bits per heavy atom. The van der Waals surface area contributed by atoms with Gasteiger partial charge in [0.05, 0.1) is 24.7 Å². The molecular weight excluding hydrogens is 294 g/mol. The van der Waals surface area contributed by atoms with Crippen molar-refractivity contribution in [3.8, 4) is 6.07 Å². The number of alkyl halides is 1. The van der Waals surface area contributed by atoms with Gasteiger partial charge in [0.25, 0.3) is 0 Å². The number of ether oxygens (including phenoxy) is 1. The number of carbonyl (C=O) groups excluding carboxylic acids is 1. The van der Waals surface area contributed by atoms with E-state index in [0.717, 1.165) is 28.4 Å². The number of benzene rings is 1. The average Bonchev–Trinajstić information content (AvgIpc) is 2.38. The van der Waals surface area contributed by atoms with Gasteiger partial charge in [-0.15, -0.1) is 0 Å². The molecule has 0 atom stereocenters. The van der Waals surface area contributed by atoms with Crippen molar-refractivity contribution in [2.45, 2.75) is 32.0 Å². The monoisotopic (exact) mass is 309 g/mol. The maximum Gasteiger partial charge on any atom is 0.310 e. The molecule has 0 saturated heterocycles. The first-order valence-corrected chi connectivity index (χ1v) is 7.04. The summed E-state index contributed by atoms with van der Waals surface area (Å²) in [7, 11) is 0. The van der Waals surface area contributed by atoms with Gasteiger partial charge in [0.2, 0.25) is 0 Å². The maximum absolute atomic E-state index is 11.5. The third-order valence-electron chi connectivity index (χ3n) is 2.71. The third-order valence-corrected chi connectivity index (χ3v) is 3.31. The van der Waals surface area contributed by atoms with E-state index >= 15 is 0 Å². The summed E-state index contributed by atoms with van der Waals surface area (Å²) >= 11 is 3.43. The van der Waals surface area contributed by atoms with Crippen molar-refractivity contribution in [2.24, 2.45) is 0 Å². The summed E-state index contributed by atoms with van der Waals surface area (Å²) < 4.78 is 4.92. The van der Waals surface area contributed by atoms with Crippen LogP contribution in [0, 0.1) is 11.3 Å². The number of aryl methyl sites for hydroxylation is 1. The highest BCUT2D eigenvalue weighted by Crippen LogP contribution is 2.20. The van der Waals surface area contributed by atoms with Crippen LogP contribution in [0.1, 0.15) is 36.1 Å². The minimum absolute atomic E-state index is 0.153. The molecule has 0 saturated carbocycles. The van der Waals surface area contributed by atoms with Crippen molar-refractivity contribution in [1.29, 1.82) is 5.26 Å². The quantitative estimate of drug-likeness (QED) is 0.620. The van der Waals surface area contributed by atoms with Crippen molar-refractivity contribution < 1.29 is 9.53 Å². The van der Waals surface area contributed by atoms with Crippen LogP contribution >= 0.6 is 15.9 Å². The molecule has 96 valence electrons. The van der Waals surface area contributed by atoms with Crippen molar-refractivity contribution in [3.05, 3.63) is 34.4 Å². The Labute approximate surface area is 116 Å². The third kappa shape index (κ3) is 3.58. The van der Waals surface area contributed by atoms with E-state index in [1.54, 1.807) is 6.92 Å². The van der Waals surface area contributed by atoms with E-state index in [1.807, 2.05) is 19.1 Å². The zero-order valence-electron chi connectivity index (χ0n) is 10.6. The lowest BCUT2D eigenvalue weighted by Gasteiger charge is -2.10. The summed E-state index contributed by atoms with van der Waals surface area (Å²) in [6, 6.07) is 5.93. The summed E-state index contributed by atoms with van der Waals surface area (Å²) in [5.41, 5.74) is 3.55. The van der Waals surface area contributed by atoms with Crippen LogP contribution in [0.15, 0.2) is 12.1 Å². The molecule has 0 aliphatic rings. The Balaban J connectivity index is 3.10. The molecule has 4 heteroatoms. The fourth-order valence-corrected chi connectivity index (χ4v) is 2.33. The van der Waals surface area contributed by atoms with Crippen LogP contribution < -0.4 is 0 Å². The van der Waals surface area contributed by atoms with Crippen molar-refractivity contribution in [1.82, 2.24) is 0 Å². The smallest absolute Gasteiger partial charge is 0.310 e. The number of rotatable bonds is 5. The molecule has 0 amide bonds. The topological polar surface area (TPSA) is 50.1 Å². The molecule has 0 aliphatic carbocycles. The van der Waals surface area contributed by atoms with Gasteiger partial charge in [0.15, 0.2) is 0 Å². The van der Waals surface area contributed by atoms with Crippen LogP contribution in [0.3, 0.4) is 0 Å². The fraction of sp³-hybridized carbons (Fsp3) is 0.429. The normalized spacial score (nSPS) is 9.89. The summed E-state index contributed by atoms with van der Waals surface area (Å²) in [5.74, 6) is -0.293. The predicted octanol–water partition coefficient (Wildman–Crippen LogP) is 3.12. The van der Waals surface area contributed by atoms with Gasteiger partial charge in [-0.25, -0.2) is 0 Å². The molecule has 0 spiro atoms. The van der Waals surface area contributed by atoms with Gasteiger partial charge in [-0.05, 0) is 36.1 Å². The van der Waals surface area contributed by atoms with Gasteiger partial charge in [0, 0.05) is 5.33 Å². The van der Waals surface area contributed by atoms with Gasteiger partial charge in [-0.1, -0.05) is 28.9 Å². The Kier molecular flexibility index (Phi) is 5.87. The average molecular weight is 310 g/mol. The highest BCUT2D eigenvalue weighted by Gasteiger charge is 2.12. The van der Waals surface area contributed by atoms with E-state index in [4.69, 9.17) is 10.00 Å². The number of hydrogen-bond acceptors (Lipinski definition) is 3. The Bertz CT molecular complexity index is 477. The molecule has 0 radical (unpaired) electrons. The molecule has 0 aromatic heterocycles. The summed E-state index contributed by atoms with van der Waals surface area (Å²) in [4.78, 5) is 11.5. The fourth-order valence-electron chi connectivity index (χ4n) is 1.81. The molecule has 0 heterocycles. The summed E-state index contributed by atoms with van der Waals surface area (Å²) in [5, 5.41) is 9.85. The number of halogens is 1. The van der Waals surface area contributed by atoms with Gasteiger partial charge in [-0.3, -0.25) is 4.79 Å². The van der Waals surface area contributed by atoms with Gasteiger partial charge in [-0.2, -0.15) is 5.26 Å². The highest BCUT2D eigenvalue weighted by atomic mass is 79.9. The van der Waals surface area contributed by atoms with Crippen molar-refractivity contribution in [2.75, 3.05) is 6.61 Å². The zero-order chi connectivity index (χ0) is 13.5. The van der Waals surface area contributed by atoms with E-state index in [0.29, 0.717) is 12.2 Å². The minimum Gasteiger partial charge on any atom is -0.466 e. The number of nitrogens with zero attached hydrogens (tertiary/aromatic N) is 1. The molecule has 0 aliphatic heterocycles. The molecule has 0 fully saturated rings. The zero-order valence-corrected chi connectivity index (χ0v) is 12.2. The lowest BCUT2D eigenvalue weighted by Crippen LogP contribution is -2.09. The van der Waals surface area contributed by atoms with Gasteiger partial charge >= 0.3 is 5.97 Å². The molecule has 0 N–H and O–H groups in total. The maximum atomic E-state index is 11.5. The first-order valence-electron chi connectivity index (χ1n) is 5.92. The Morgan fingerprint density at radius 1 is 1.33 bits per heavy atom. The SMILES string of the molecule is CCOC(=O)Cc1cc(CBr)c(CC)cc1C#N. The predicted molar refractivity (Wildman–Crippen MR) is 73.5 cm³/mol. The lowest BCUT2D eigenvalue weighted by molar-refractivity contribution is -0.142. The number of hydrogen-bond donors (Lipinski definition) is 0. The summed E-state index contributed by atoms with van der Waals surface area (Å²) in [6.07, 6.45) is 1.02. The van der Waals surface area contributed by atoms with Crippen LogP contribution in [0.25, 0.3) is 0 Å². The second-order valence-electron chi connectivity index (χ2n) is 3.86. The second kappa shape index (κ2) is 7.17. The minimum atomic E-state index is -0.293. The molecular formula is C14H16BrNO2. The molecule has 1 aromatic carbocycles. The van der Waals surface area contributed by atoms with Crippen LogP contribution in [0.5, 0.6) is 0 Å². The number of esters is 1. The first-order chi connectivity index (χ1) is 8.65. The number of nitriles is 1. The highest BCUT2D eigenvalue weighted by molar-refractivity contribution is 9.08. The lowest BCUT2D eigenvalue weighted by atomic mass is 9.96. The van der Waals surface area contributed by atoms with E-state index < -0.39 is 0 Å². The van der Waals surface area contributed by atoms with E-state index in [-0.39, 0.29) is 12.4 Å². The summed E-state index contributed by atoms with van der Waals surface area (Å²) in [6.45, 7) is 4.18. The molecule has 18 heavy (non-hydrogen) atoms. The largest absolute Gasteiger partial charge is 0.466 e. The Hall–Kier alpha value is -1.34. The molecule has 0 bridgehead atoms. The van der Waals surface area contributed by atoms with Gasteiger partial charge in [0.1, 0.15) is 0 Å². The molecule has 0 unspecified atom stereocenters. The van der Waals surface area contributed by atoms with Gasteiger partial charge < -0.3 is 4.74 Å². The van der Waals surface area contributed by atoms with Crippen molar-refractivity contribution >= 4 is 21.9 Å². The van der Waals surface area contributed by atoms with E-state index in [2.05, 4.69) is 22.0 Å². The van der Waals surface area contributed by atoms with Crippen LogP contribution in [-0.4, -0.2) is 12.6 Å². The molecule has 1 rings (SSSR count). The molecule has 1 aromatic rings. The van der Waals surface area contributed by atoms with Crippen LogP contribution in [0.4, 0.5) is 0 Å². The Morgan fingerprint density at radius 3 is 2.56 bits per heavy atom. The van der Waals surface area contributed by atoms with E-state index in [1.165, 1.54) is 0 Å². The molecule has 3 nitrogen and oxygen atoms in total. The first kappa shape index (κ1) is 14.7. The van der Waals surface area contributed by atoms with Crippen LogP contribution in [-0.2, 0) is 27.7 Å².